The third kappa shape index (κ3) is 3.62. The minimum Gasteiger partial charge on any atom is -0.464 e. The number of sulfonamides is 1. The maximum atomic E-state index is 11.9. The Labute approximate surface area is 110 Å². The summed E-state index contributed by atoms with van der Waals surface area (Å²) in [6, 6.07) is 0. The van der Waals surface area contributed by atoms with E-state index in [9.17, 15) is 13.2 Å². The second kappa shape index (κ2) is 6.07. The van der Waals surface area contributed by atoms with Gasteiger partial charge in [-0.05, 0) is 13.8 Å². The van der Waals surface area contributed by atoms with Gasteiger partial charge in [0, 0.05) is 6.54 Å². The van der Waals surface area contributed by atoms with E-state index in [0.29, 0.717) is 0 Å². The van der Waals surface area contributed by atoms with E-state index in [4.69, 9.17) is 0 Å². The normalized spacial score (nSPS) is 11.1. The minimum atomic E-state index is -3.74. The van der Waals surface area contributed by atoms with Crippen molar-refractivity contribution >= 4 is 27.3 Å². The summed E-state index contributed by atoms with van der Waals surface area (Å²) < 4.78 is 30.6. The molecule has 0 saturated heterocycles. The molecule has 0 amide bonds. The smallest absolute Gasteiger partial charge is 0.358 e. The summed E-state index contributed by atoms with van der Waals surface area (Å²) >= 11 is 0.876. The third-order valence-electron chi connectivity index (χ3n) is 1.94. The molecule has 18 heavy (non-hydrogen) atoms. The Morgan fingerprint density at radius 1 is 1.56 bits per heavy atom. The lowest BCUT2D eigenvalue weighted by molar-refractivity contribution is 0.0590. The quantitative estimate of drug-likeness (QED) is 0.650. The Balaban J connectivity index is 2.96. The molecule has 1 heterocycles. The number of methoxy groups -OCH3 is 1. The molecule has 0 spiro atoms. The first kappa shape index (κ1) is 14.8. The van der Waals surface area contributed by atoms with Crippen LogP contribution < -0.4 is 4.72 Å². The fourth-order valence-electron chi connectivity index (χ4n) is 1.08. The van der Waals surface area contributed by atoms with Crippen molar-refractivity contribution in [3.63, 3.8) is 0 Å². The zero-order valence-corrected chi connectivity index (χ0v) is 11.9. The lowest BCUT2D eigenvalue weighted by Crippen LogP contribution is -2.25. The summed E-state index contributed by atoms with van der Waals surface area (Å²) in [4.78, 5) is 15.0. The molecule has 8 heteroatoms. The van der Waals surface area contributed by atoms with Crippen LogP contribution in [-0.2, 0) is 14.8 Å². The number of esters is 1. The van der Waals surface area contributed by atoms with Crippen LogP contribution in [0.4, 0.5) is 0 Å². The SMILES string of the molecule is COC(=O)c1ncsc1S(=O)(=O)NCC=C(C)C. The van der Waals surface area contributed by atoms with Crippen molar-refractivity contribution in [3.05, 3.63) is 22.9 Å². The number of rotatable bonds is 5. The zero-order valence-electron chi connectivity index (χ0n) is 10.3. The minimum absolute atomic E-state index is 0.128. The van der Waals surface area contributed by atoms with Gasteiger partial charge in [-0.15, -0.1) is 11.3 Å². The first-order valence-electron chi connectivity index (χ1n) is 5.03. The molecule has 0 aromatic carbocycles. The predicted molar refractivity (Wildman–Crippen MR) is 68.1 cm³/mol. The number of carbonyl (C=O) groups is 1. The fraction of sp³-hybridized carbons (Fsp3) is 0.400. The van der Waals surface area contributed by atoms with E-state index in [-0.39, 0.29) is 16.4 Å². The second-order valence-corrected chi connectivity index (χ2v) is 6.43. The average Bonchev–Trinajstić information content (AvgIpc) is 2.76. The number of ether oxygens (including phenoxy) is 1. The van der Waals surface area contributed by atoms with Crippen LogP contribution in [-0.4, -0.2) is 33.0 Å². The number of aromatic nitrogens is 1. The molecular weight excluding hydrogens is 276 g/mol. The van der Waals surface area contributed by atoms with E-state index in [0.717, 1.165) is 16.9 Å². The molecule has 6 nitrogen and oxygen atoms in total. The van der Waals surface area contributed by atoms with Crippen molar-refractivity contribution in [1.82, 2.24) is 9.71 Å². The largest absolute Gasteiger partial charge is 0.464 e. The van der Waals surface area contributed by atoms with Gasteiger partial charge in [0.1, 0.15) is 0 Å². The molecule has 1 aromatic rings. The molecule has 0 aliphatic rings. The number of thiazole rings is 1. The topological polar surface area (TPSA) is 85.4 Å². The molecule has 0 aliphatic carbocycles. The van der Waals surface area contributed by atoms with Crippen LogP contribution in [0.5, 0.6) is 0 Å². The maximum absolute atomic E-state index is 11.9. The van der Waals surface area contributed by atoms with Crippen molar-refractivity contribution in [3.8, 4) is 0 Å². The van der Waals surface area contributed by atoms with Gasteiger partial charge in [0.05, 0.1) is 12.6 Å². The number of hydrogen-bond acceptors (Lipinski definition) is 6. The van der Waals surface area contributed by atoms with E-state index in [1.807, 2.05) is 13.8 Å². The first-order chi connectivity index (χ1) is 8.38. The third-order valence-corrected chi connectivity index (χ3v) is 4.73. The Morgan fingerprint density at radius 3 is 2.78 bits per heavy atom. The monoisotopic (exact) mass is 290 g/mol. The molecular formula is C10H14N2O4S2. The van der Waals surface area contributed by atoms with Gasteiger partial charge in [0.25, 0.3) is 10.0 Å². The zero-order chi connectivity index (χ0) is 13.8. The molecule has 0 atom stereocenters. The summed E-state index contributed by atoms with van der Waals surface area (Å²) in [6.07, 6.45) is 1.73. The van der Waals surface area contributed by atoms with Crippen LogP contribution in [0.3, 0.4) is 0 Å². The number of nitrogens with one attached hydrogen (secondary N) is 1. The van der Waals surface area contributed by atoms with E-state index >= 15 is 0 Å². The van der Waals surface area contributed by atoms with Gasteiger partial charge in [-0.1, -0.05) is 11.6 Å². The van der Waals surface area contributed by atoms with Crippen molar-refractivity contribution in [2.45, 2.75) is 18.1 Å². The van der Waals surface area contributed by atoms with Crippen LogP contribution in [0.15, 0.2) is 21.4 Å². The van der Waals surface area contributed by atoms with Crippen LogP contribution in [0, 0.1) is 0 Å². The molecule has 1 N–H and O–H groups in total. The van der Waals surface area contributed by atoms with E-state index < -0.39 is 16.0 Å². The van der Waals surface area contributed by atoms with Crippen LogP contribution in [0.2, 0.25) is 0 Å². The Hall–Kier alpha value is -1.25. The number of carbonyl (C=O) groups excluding carboxylic acids is 1. The van der Waals surface area contributed by atoms with Crippen LogP contribution in [0.25, 0.3) is 0 Å². The average molecular weight is 290 g/mol. The van der Waals surface area contributed by atoms with Gasteiger partial charge >= 0.3 is 5.97 Å². The van der Waals surface area contributed by atoms with Crippen molar-refractivity contribution < 1.29 is 17.9 Å². The lowest BCUT2D eigenvalue weighted by Gasteiger charge is -2.03. The summed E-state index contributed by atoms with van der Waals surface area (Å²) in [5.74, 6) is -0.765. The second-order valence-electron chi connectivity index (χ2n) is 3.61. The van der Waals surface area contributed by atoms with Gasteiger partial charge in [-0.3, -0.25) is 0 Å². The van der Waals surface area contributed by atoms with Gasteiger partial charge in [0.2, 0.25) is 0 Å². The van der Waals surface area contributed by atoms with Gasteiger partial charge in [0.15, 0.2) is 9.90 Å². The molecule has 0 bridgehead atoms. The fourth-order valence-corrected chi connectivity index (χ4v) is 3.22. The van der Waals surface area contributed by atoms with Gasteiger partial charge in [-0.25, -0.2) is 22.9 Å². The molecule has 0 aliphatic heterocycles. The highest BCUT2D eigenvalue weighted by molar-refractivity contribution is 7.91. The molecule has 0 saturated carbocycles. The highest BCUT2D eigenvalue weighted by Gasteiger charge is 2.25. The summed E-state index contributed by atoms with van der Waals surface area (Å²) in [5, 5.41) is 0. The molecule has 1 aromatic heterocycles. The molecule has 100 valence electrons. The maximum Gasteiger partial charge on any atom is 0.358 e. The van der Waals surface area contributed by atoms with E-state index in [1.165, 1.54) is 12.6 Å². The predicted octanol–water partition coefficient (Wildman–Crippen LogP) is 1.17. The molecule has 0 radical (unpaired) electrons. The number of allylic oxidation sites excluding steroid dienone is 1. The highest BCUT2D eigenvalue weighted by atomic mass is 32.2. The Kier molecular flexibility index (Phi) is 5.00. The van der Waals surface area contributed by atoms with E-state index in [1.54, 1.807) is 6.08 Å². The van der Waals surface area contributed by atoms with Crippen molar-refractivity contribution in [2.24, 2.45) is 0 Å². The number of hydrogen-bond donors (Lipinski definition) is 1. The standard InChI is InChI=1S/C10H14N2O4S2/c1-7(2)4-5-12-18(14,15)10-8(9(13)16-3)11-6-17-10/h4,6,12H,5H2,1-3H3. The summed E-state index contributed by atoms with van der Waals surface area (Å²) in [7, 11) is -2.56. The van der Waals surface area contributed by atoms with Gasteiger partial charge in [-0.2, -0.15) is 0 Å². The first-order valence-corrected chi connectivity index (χ1v) is 7.39. The van der Waals surface area contributed by atoms with Crippen LogP contribution >= 0.6 is 11.3 Å². The van der Waals surface area contributed by atoms with Crippen LogP contribution in [0.1, 0.15) is 24.3 Å². The Bertz CT molecular complexity index is 556. The highest BCUT2D eigenvalue weighted by Crippen LogP contribution is 2.20. The summed E-state index contributed by atoms with van der Waals surface area (Å²) in [6.45, 7) is 3.89. The Morgan fingerprint density at radius 2 is 2.22 bits per heavy atom. The molecule has 1 rings (SSSR count). The molecule has 0 unspecified atom stereocenters. The van der Waals surface area contributed by atoms with Gasteiger partial charge < -0.3 is 4.74 Å². The molecule has 0 fully saturated rings. The number of nitrogens with zero attached hydrogens (tertiary/aromatic N) is 1. The van der Waals surface area contributed by atoms with Crippen molar-refractivity contribution in [1.29, 1.82) is 0 Å². The lowest BCUT2D eigenvalue weighted by atomic mass is 10.3. The summed E-state index contributed by atoms with van der Waals surface area (Å²) in [5.41, 5.74) is 2.10. The van der Waals surface area contributed by atoms with E-state index in [2.05, 4.69) is 14.4 Å². The van der Waals surface area contributed by atoms with Crippen molar-refractivity contribution in [2.75, 3.05) is 13.7 Å².